The molecule has 0 aliphatic rings. The van der Waals surface area contributed by atoms with Gasteiger partial charge in [-0.1, -0.05) is 6.07 Å². The van der Waals surface area contributed by atoms with Gasteiger partial charge in [0.15, 0.2) is 22.9 Å². The van der Waals surface area contributed by atoms with Crippen LogP contribution in [0.1, 0.15) is 16.1 Å². The molecule has 5 aromatic rings. The first-order valence-corrected chi connectivity index (χ1v) is 9.59. The van der Waals surface area contributed by atoms with Gasteiger partial charge in [0.2, 0.25) is 5.89 Å². The number of hydrogen-bond acceptors (Lipinski definition) is 8. The molecular formula is C21H14F2N8O2. The predicted octanol–water partition coefficient (Wildman–Crippen LogP) is 2.63. The zero-order valence-electron chi connectivity index (χ0n) is 16.7. The second-order valence-corrected chi connectivity index (χ2v) is 6.89. The molecule has 4 aromatic heterocycles. The van der Waals surface area contributed by atoms with E-state index in [0.29, 0.717) is 11.2 Å². The highest BCUT2D eigenvalue weighted by Gasteiger charge is 2.23. The van der Waals surface area contributed by atoms with E-state index >= 15 is 0 Å². The second-order valence-electron chi connectivity index (χ2n) is 6.89. The van der Waals surface area contributed by atoms with Crippen molar-refractivity contribution in [3.63, 3.8) is 0 Å². The summed E-state index contributed by atoms with van der Waals surface area (Å²) < 4.78 is 34.8. The Hall–Kier alpha value is -4.74. The number of hydrogen-bond donors (Lipinski definition) is 2. The highest BCUT2D eigenvalue weighted by molar-refractivity contribution is 5.97. The van der Waals surface area contributed by atoms with Crippen molar-refractivity contribution in [3.05, 3.63) is 78.2 Å². The Balaban J connectivity index is 1.55. The van der Waals surface area contributed by atoms with Gasteiger partial charge >= 0.3 is 0 Å². The summed E-state index contributed by atoms with van der Waals surface area (Å²) in [5.74, 6) is -2.38. The first-order chi connectivity index (χ1) is 16.0. The lowest BCUT2D eigenvalue weighted by Gasteiger charge is -2.12. The van der Waals surface area contributed by atoms with Crippen LogP contribution in [0.4, 0.5) is 14.6 Å². The summed E-state index contributed by atoms with van der Waals surface area (Å²) in [6.07, 6.45) is 6.00. The molecule has 10 nitrogen and oxygen atoms in total. The molecule has 164 valence electrons. The zero-order valence-corrected chi connectivity index (χ0v) is 16.7. The van der Waals surface area contributed by atoms with Gasteiger partial charge in [0, 0.05) is 23.9 Å². The van der Waals surface area contributed by atoms with E-state index < -0.39 is 24.1 Å². The van der Waals surface area contributed by atoms with Crippen LogP contribution in [-0.2, 0) is 6.54 Å². The largest absolute Gasteiger partial charge is 0.443 e. The molecule has 0 saturated heterocycles. The molecule has 33 heavy (non-hydrogen) atoms. The third-order valence-electron chi connectivity index (χ3n) is 4.82. The summed E-state index contributed by atoms with van der Waals surface area (Å²) >= 11 is 0. The lowest BCUT2D eigenvalue weighted by molar-refractivity contribution is 0.0946. The average molecular weight is 448 g/mol. The minimum Gasteiger partial charge on any atom is -0.443 e. The van der Waals surface area contributed by atoms with Gasteiger partial charge in [0.05, 0.1) is 6.20 Å². The molecule has 12 heteroatoms. The van der Waals surface area contributed by atoms with E-state index in [1.807, 2.05) is 0 Å². The molecule has 0 fully saturated rings. The number of halogens is 2. The fraction of sp³-hybridized carbons (Fsp3) is 0.0476. The van der Waals surface area contributed by atoms with Crippen LogP contribution in [0, 0.1) is 11.6 Å². The number of pyridine rings is 1. The number of nitrogens with two attached hydrogens (primary N) is 1. The Morgan fingerprint density at radius 3 is 2.70 bits per heavy atom. The number of nitrogens with zero attached hydrogens (tertiary/aromatic N) is 6. The number of carbonyl (C=O) groups is 1. The Morgan fingerprint density at radius 1 is 1.12 bits per heavy atom. The van der Waals surface area contributed by atoms with Crippen molar-refractivity contribution in [2.75, 3.05) is 5.73 Å². The van der Waals surface area contributed by atoms with Gasteiger partial charge in [-0.25, -0.2) is 23.7 Å². The first kappa shape index (κ1) is 20.2. The fourth-order valence-corrected chi connectivity index (χ4v) is 3.23. The van der Waals surface area contributed by atoms with Crippen LogP contribution >= 0.6 is 0 Å². The Kier molecular flexibility index (Phi) is 4.94. The van der Waals surface area contributed by atoms with Crippen LogP contribution in [0.5, 0.6) is 0 Å². The van der Waals surface area contributed by atoms with Crippen LogP contribution in [-0.4, -0.2) is 35.5 Å². The van der Waals surface area contributed by atoms with E-state index in [0.717, 1.165) is 12.1 Å². The van der Waals surface area contributed by atoms with Gasteiger partial charge in [-0.05, 0) is 24.3 Å². The van der Waals surface area contributed by atoms with Gasteiger partial charge in [-0.3, -0.25) is 9.20 Å². The monoisotopic (exact) mass is 448 g/mol. The van der Waals surface area contributed by atoms with Crippen molar-refractivity contribution in [1.82, 2.24) is 34.9 Å². The van der Waals surface area contributed by atoms with Crippen LogP contribution in [0.25, 0.3) is 28.5 Å². The van der Waals surface area contributed by atoms with E-state index in [1.54, 1.807) is 22.7 Å². The lowest BCUT2D eigenvalue weighted by Crippen LogP contribution is -2.26. The van der Waals surface area contributed by atoms with Crippen LogP contribution in [0.15, 0.2) is 59.7 Å². The van der Waals surface area contributed by atoms with E-state index in [4.69, 9.17) is 10.2 Å². The van der Waals surface area contributed by atoms with E-state index in [-0.39, 0.29) is 34.4 Å². The zero-order chi connectivity index (χ0) is 22.9. The molecule has 0 atom stereocenters. The molecule has 0 aliphatic carbocycles. The molecule has 4 heterocycles. The van der Waals surface area contributed by atoms with E-state index in [1.165, 1.54) is 24.9 Å². The number of fused-ring (bicyclic) bond motifs is 1. The standard InChI is InChI=1S/C21H14F2N8O2/c22-13-2-1-3-14(23)12(13)8-26-20(32)18-19(24)29-17(21-25-6-7-33-21)16(28-18)11-4-5-15-30-27-10-31(15)9-11/h1-7,9-10H,8H2,(H2,24,29)(H,26,32). The summed E-state index contributed by atoms with van der Waals surface area (Å²) in [7, 11) is 0. The summed E-state index contributed by atoms with van der Waals surface area (Å²) in [5.41, 5.74) is 7.11. The fourth-order valence-electron chi connectivity index (χ4n) is 3.23. The average Bonchev–Trinajstić information content (AvgIpc) is 3.50. The maximum absolute atomic E-state index is 13.9. The Morgan fingerprint density at radius 2 is 1.94 bits per heavy atom. The number of benzene rings is 1. The number of carbonyl (C=O) groups excluding carboxylic acids is 1. The van der Waals surface area contributed by atoms with Crippen molar-refractivity contribution >= 4 is 17.4 Å². The van der Waals surface area contributed by atoms with Gasteiger partial charge in [0.25, 0.3) is 5.91 Å². The predicted molar refractivity (Wildman–Crippen MR) is 111 cm³/mol. The molecule has 1 aromatic carbocycles. The SMILES string of the molecule is Nc1nc(-c2ncco2)c(-c2ccc3nncn3c2)nc1C(=O)NCc1c(F)cccc1F. The molecule has 0 unspecified atom stereocenters. The number of oxazole rings is 1. The third-order valence-corrected chi connectivity index (χ3v) is 4.82. The van der Waals surface area contributed by atoms with Crippen LogP contribution < -0.4 is 11.1 Å². The molecule has 3 N–H and O–H groups in total. The van der Waals surface area contributed by atoms with Crippen LogP contribution in [0.3, 0.4) is 0 Å². The lowest BCUT2D eigenvalue weighted by atomic mass is 10.1. The minimum absolute atomic E-state index is 0.147. The molecule has 0 saturated carbocycles. The van der Waals surface area contributed by atoms with Crippen LogP contribution in [0.2, 0.25) is 0 Å². The molecule has 0 spiro atoms. The summed E-state index contributed by atoms with van der Waals surface area (Å²) in [4.78, 5) is 25.6. The van der Waals surface area contributed by atoms with Crippen molar-refractivity contribution in [1.29, 1.82) is 0 Å². The molecule has 5 rings (SSSR count). The number of anilines is 1. The molecule has 1 amide bonds. The molecule has 0 aliphatic heterocycles. The molecule has 0 bridgehead atoms. The molecule has 0 radical (unpaired) electrons. The van der Waals surface area contributed by atoms with Gasteiger partial charge < -0.3 is 15.5 Å². The number of aromatic nitrogens is 6. The highest BCUT2D eigenvalue weighted by atomic mass is 19.1. The van der Waals surface area contributed by atoms with Crippen molar-refractivity contribution < 1.29 is 18.0 Å². The van der Waals surface area contributed by atoms with Gasteiger partial charge in [-0.2, -0.15) is 0 Å². The van der Waals surface area contributed by atoms with Crippen molar-refractivity contribution in [2.24, 2.45) is 0 Å². The second kappa shape index (κ2) is 8.07. The van der Waals surface area contributed by atoms with Crippen molar-refractivity contribution in [2.45, 2.75) is 6.54 Å². The quantitative estimate of drug-likeness (QED) is 0.419. The maximum atomic E-state index is 13.9. The number of nitrogens with one attached hydrogen (secondary N) is 1. The molecular weight excluding hydrogens is 434 g/mol. The number of rotatable bonds is 5. The van der Waals surface area contributed by atoms with Gasteiger partial charge in [0.1, 0.15) is 29.9 Å². The Bertz CT molecular complexity index is 1460. The summed E-state index contributed by atoms with van der Waals surface area (Å²) in [6.45, 7) is -0.401. The summed E-state index contributed by atoms with van der Waals surface area (Å²) in [6, 6.07) is 6.86. The Labute approximate surface area is 184 Å². The number of nitrogen functional groups attached to an aromatic ring is 1. The summed E-state index contributed by atoms with van der Waals surface area (Å²) in [5, 5.41) is 10.2. The normalized spacial score (nSPS) is 11.1. The smallest absolute Gasteiger partial charge is 0.274 e. The highest BCUT2D eigenvalue weighted by Crippen LogP contribution is 2.30. The first-order valence-electron chi connectivity index (χ1n) is 9.59. The van der Waals surface area contributed by atoms with Gasteiger partial charge in [-0.15, -0.1) is 10.2 Å². The van der Waals surface area contributed by atoms with Crippen molar-refractivity contribution in [3.8, 4) is 22.8 Å². The minimum atomic E-state index is -0.781. The van der Waals surface area contributed by atoms with E-state index in [9.17, 15) is 13.6 Å². The number of amides is 1. The maximum Gasteiger partial charge on any atom is 0.274 e. The topological polar surface area (TPSA) is 137 Å². The van der Waals surface area contributed by atoms with E-state index in [2.05, 4.69) is 30.5 Å². The third kappa shape index (κ3) is 3.73.